The standard InChI is InChI=1S/C14H13Br2F2NS/c1-2-6-19-13(14-9(15)5-7-20-14)8-3-4-10(17)12(18)11(8)16/h3-5,7,13,19H,2,6H2,1H3. The molecule has 2 rings (SSSR count). The average molecular weight is 425 g/mol. The number of thiophene rings is 1. The fraction of sp³-hybridized carbons (Fsp3) is 0.286. The second kappa shape index (κ2) is 7.11. The molecule has 1 heterocycles. The third-order valence-electron chi connectivity index (χ3n) is 2.88. The molecule has 0 radical (unpaired) electrons. The van der Waals surface area contributed by atoms with Crippen LogP contribution in [0.4, 0.5) is 8.78 Å². The zero-order valence-corrected chi connectivity index (χ0v) is 14.7. The Hall–Kier alpha value is -0.300. The second-order valence-electron chi connectivity index (χ2n) is 4.28. The molecule has 0 aliphatic carbocycles. The fourth-order valence-electron chi connectivity index (χ4n) is 1.91. The zero-order valence-electron chi connectivity index (χ0n) is 10.7. The average Bonchev–Trinajstić information content (AvgIpc) is 2.85. The van der Waals surface area contributed by atoms with Crippen LogP contribution in [0.2, 0.25) is 0 Å². The summed E-state index contributed by atoms with van der Waals surface area (Å²) in [6.07, 6.45) is 0.959. The molecule has 0 spiro atoms. The molecular formula is C14H13Br2F2NS. The molecule has 20 heavy (non-hydrogen) atoms. The quantitative estimate of drug-likeness (QED) is 0.612. The Balaban J connectivity index is 2.47. The lowest BCUT2D eigenvalue weighted by Crippen LogP contribution is -2.23. The third-order valence-corrected chi connectivity index (χ3v) is 5.62. The van der Waals surface area contributed by atoms with Crippen LogP contribution in [-0.4, -0.2) is 6.54 Å². The molecule has 1 nitrogen and oxygen atoms in total. The first-order chi connectivity index (χ1) is 9.56. The highest BCUT2D eigenvalue weighted by Gasteiger charge is 2.22. The van der Waals surface area contributed by atoms with Crippen molar-refractivity contribution in [3.05, 3.63) is 54.6 Å². The van der Waals surface area contributed by atoms with Gasteiger partial charge in [-0.25, -0.2) is 8.78 Å². The van der Waals surface area contributed by atoms with Gasteiger partial charge in [0.25, 0.3) is 0 Å². The molecule has 0 aliphatic heterocycles. The molecule has 1 N–H and O–H groups in total. The van der Waals surface area contributed by atoms with Gasteiger partial charge in [0.15, 0.2) is 11.6 Å². The van der Waals surface area contributed by atoms with Crippen LogP contribution >= 0.6 is 43.2 Å². The van der Waals surface area contributed by atoms with Crippen molar-refractivity contribution < 1.29 is 8.78 Å². The highest BCUT2D eigenvalue weighted by atomic mass is 79.9. The fourth-order valence-corrected chi connectivity index (χ4v) is 4.15. The van der Waals surface area contributed by atoms with E-state index in [2.05, 4.69) is 44.1 Å². The Morgan fingerprint density at radius 2 is 2.00 bits per heavy atom. The molecule has 0 saturated carbocycles. The summed E-state index contributed by atoms with van der Waals surface area (Å²) in [5.41, 5.74) is 0.695. The Morgan fingerprint density at radius 1 is 1.25 bits per heavy atom. The smallest absolute Gasteiger partial charge is 0.173 e. The van der Waals surface area contributed by atoms with E-state index in [4.69, 9.17) is 0 Å². The summed E-state index contributed by atoms with van der Waals surface area (Å²) >= 11 is 8.24. The highest BCUT2D eigenvalue weighted by Crippen LogP contribution is 2.37. The van der Waals surface area contributed by atoms with Crippen LogP contribution in [0.25, 0.3) is 0 Å². The summed E-state index contributed by atoms with van der Waals surface area (Å²) in [5.74, 6) is -1.70. The largest absolute Gasteiger partial charge is 0.306 e. The van der Waals surface area contributed by atoms with Gasteiger partial charge in [0.1, 0.15) is 0 Å². The van der Waals surface area contributed by atoms with Gasteiger partial charge in [0.05, 0.1) is 10.5 Å². The summed E-state index contributed by atoms with van der Waals surface area (Å²) in [5, 5.41) is 5.34. The summed E-state index contributed by atoms with van der Waals surface area (Å²) < 4.78 is 28.2. The topological polar surface area (TPSA) is 12.0 Å². The first kappa shape index (κ1) is 16.1. The molecular weight excluding hydrogens is 412 g/mol. The second-order valence-corrected chi connectivity index (χ2v) is 6.88. The van der Waals surface area contributed by atoms with Crippen LogP contribution in [-0.2, 0) is 0 Å². The molecule has 1 unspecified atom stereocenters. The van der Waals surface area contributed by atoms with Gasteiger partial charge in [-0.05, 0) is 67.9 Å². The maximum atomic E-state index is 13.8. The number of hydrogen-bond acceptors (Lipinski definition) is 2. The lowest BCUT2D eigenvalue weighted by atomic mass is 10.0. The van der Waals surface area contributed by atoms with E-state index in [-0.39, 0.29) is 10.5 Å². The summed E-state index contributed by atoms with van der Waals surface area (Å²) in [7, 11) is 0. The maximum Gasteiger partial charge on any atom is 0.173 e. The Bertz CT molecular complexity index is 601. The first-order valence-electron chi connectivity index (χ1n) is 6.16. The Kier molecular flexibility index (Phi) is 5.72. The zero-order chi connectivity index (χ0) is 14.7. The molecule has 1 aromatic heterocycles. The molecule has 0 amide bonds. The maximum absolute atomic E-state index is 13.8. The molecule has 1 aromatic carbocycles. The number of halogens is 4. The van der Waals surface area contributed by atoms with Crippen molar-refractivity contribution in [3.63, 3.8) is 0 Å². The number of rotatable bonds is 5. The highest BCUT2D eigenvalue weighted by molar-refractivity contribution is 9.10. The van der Waals surface area contributed by atoms with E-state index in [0.717, 1.165) is 28.4 Å². The molecule has 108 valence electrons. The number of hydrogen-bond donors (Lipinski definition) is 1. The van der Waals surface area contributed by atoms with E-state index in [9.17, 15) is 8.78 Å². The monoisotopic (exact) mass is 423 g/mol. The van der Waals surface area contributed by atoms with Crippen molar-refractivity contribution >= 4 is 43.2 Å². The van der Waals surface area contributed by atoms with Crippen molar-refractivity contribution in [2.24, 2.45) is 0 Å². The summed E-state index contributed by atoms with van der Waals surface area (Å²) in [6, 6.07) is 4.56. The number of nitrogens with one attached hydrogen (secondary N) is 1. The van der Waals surface area contributed by atoms with Gasteiger partial charge < -0.3 is 5.32 Å². The predicted molar refractivity (Wildman–Crippen MR) is 86.2 cm³/mol. The van der Waals surface area contributed by atoms with Gasteiger partial charge in [-0.15, -0.1) is 11.3 Å². The minimum Gasteiger partial charge on any atom is -0.306 e. The van der Waals surface area contributed by atoms with Gasteiger partial charge in [0, 0.05) is 9.35 Å². The van der Waals surface area contributed by atoms with Crippen LogP contribution in [0.3, 0.4) is 0 Å². The van der Waals surface area contributed by atoms with Crippen molar-refractivity contribution in [2.45, 2.75) is 19.4 Å². The van der Waals surface area contributed by atoms with Crippen LogP contribution in [0, 0.1) is 11.6 Å². The minimum atomic E-state index is -0.849. The lowest BCUT2D eigenvalue weighted by molar-refractivity contribution is 0.498. The molecule has 0 aliphatic rings. The predicted octanol–water partition coefficient (Wildman–Crippen LogP) is 5.64. The third kappa shape index (κ3) is 3.30. The normalized spacial score (nSPS) is 12.7. The van der Waals surface area contributed by atoms with E-state index in [1.54, 1.807) is 17.4 Å². The van der Waals surface area contributed by atoms with Crippen molar-refractivity contribution in [1.82, 2.24) is 5.32 Å². The van der Waals surface area contributed by atoms with E-state index in [1.807, 2.05) is 11.4 Å². The van der Waals surface area contributed by atoms with Gasteiger partial charge in [-0.2, -0.15) is 0 Å². The van der Waals surface area contributed by atoms with E-state index in [0.29, 0.717) is 5.56 Å². The first-order valence-corrected chi connectivity index (χ1v) is 8.62. The van der Waals surface area contributed by atoms with E-state index >= 15 is 0 Å². The van der Waals surface area contributed by atoms with E-state index < -0.39 is 11.6 Å². The van der Waals surface area contributed by atoms with Gasteiger partial charge in [-0.1, -0.05) is 13.0 Å². The molecule has 0 saturated heterocycles. The summed E-state index contributed by atoms with van der Waals surface area (Å²) in [4.78, 5) is 1.05. The molecule has 6 heteroatoms. The summed E-state index contributed by atoms with van der Waals surface area (Å²) in [6.45, 7) is 2.86. The van der Waals surface area contributed by atoms with Crippen molar-refractivity contribution in [2.75, 3.05) is 6.54 Å². The molecule has 1 atom stereocenters. The van der Waals surface area contributed by atoms with Gasteiger partial charge in [0.2, 0.25) is 0 Å². The SMILES string of the molecule is CCCNC(c1ccc(F)c(F)c1Br)c1sccc1Br. The van der Waals surface area contributed by atoms with E-state index in [1.165, 1.54) is 0 Å². The lowest BCUT2D eigenvalue weighted by Gasteiger charge is -2.20. The van der Waals surface area contributed by atoms with Crippen molar-refractivity contribution in [3.8, 4) is 0 Å². The van der Waals surface area contributed by atoms with Crippen LogP contribution in [0.5, 0.6) is 0 Å². The molecule has 0 bridgehead atoms. The van der Waals surface area contributed by atoms with Gasteiger partial charge >= 0.3 is 0 Å². The number of benzene rings is 1. The minimum absolute atomic E-state index is 0.172. The molecule has 0 fully saturated rings. The van der Waals surface area contributed by atoms with Crippen LogP contribution < -0.4 is 5.32 Å². The molecule has 2 aromatic rings. The van der Waals surface area contributed by atoms with Crippen molar-refractivity contribution in [1.29, 1.82) is 0 Å². The van der Waals surface area contributed by atoms with Gasteiger partial charge in [-0.3, -0.25) is 0 Å². The van der Waals surface area contributed by atoms with Crippen LogP contribution in [0.1, 0.15) is 29.8 Å². The Morgan fingerprint density at radius 3 is 2.60 bits per heavy atom. The van der Waals surface area contributed by atoms with Crippen LogP contribution in [0.15, 0.2) is 32.5 Å². The Labute approximate surface area is 137 Å².